The van der Waals surface area contributed by atoms with E-state index in [0.717, 1.165) is 12.8 Å². The van der Waals surface area contributed by atoms with E-state index in [4.69, 9.17) is 5.73 Å². The van der Waals surface area contributed by atoms with Crippen molar-refractivity contribution in [2.75, 3.05) is 25.6 Å². The van der Waals surface area contributed by atoms with Crippen LogP contribution in [0.3, 0.4) is 0 Å². The number of carbonyl (C=O) groups is 1. The number of rotatable bonds is 4. The fraction of sp³-hybridized carbons (Fsp3) is 0.917. The molecule has 0 aromatic carbocycles. The number of nitrogens with two attached hydrogens (primary N) is 1. The molecule has 1 amide bonds. The Kier molecular flexibility index (Phi) is 5.16. The van der Waals surface area contributed by atoms with E-state index < -0.39 is 9.84 Å². The van der Waals surface area contributed by atoms with E-state index in [9.17, 15) is 13.2 Å². The molecule has 1 rings (SSSR count). The van der Waals surface area contributed by atoms with Gasteiger partial charge in [0, 0.05) is 31.8 Å². The molecule has 6 heteroatoms. The first-order valence-electron chi connectivity index (χ1n) is 6.39. The van der Waals surface area contributed by atoms with Crippen molar-refractivity contribution in [2.45, 2.75) is 32.2 Å². The Balaban J connectivity index is 2.57. The largest absolute Gasteiger partial charge is 0.344 e. The van der Waals surface area contributed by atoms with Crippen molar-refractivity contribution in [1.29, 1.82) is 0 Å². The summed E-state index contributed by atoms with van der Waals surface area (Å²) in [5, 5.41) is 0. The fourth-order valence-corrected chi connectivity index (χ4v) is 3.00. The van der Waals surface area contributed by atoms with Crippen LogP contribution in [0.25, 0.3) is 0 Å². The highest BCUT2D eigenvalue weighted by Crippen LogP contribution is 2.30. The van der Waals surface area contributed by atoms with Crippen molar-refractivity contribution in [3.63, 3.8) is 0 Å². The van der Waals surface area contributed by atoms with E-state index >= 15 is 0 Å². The molecule has 0 saturated heterocycles. The molecule has 0 radical (unpaired) electrons. The summed E-state index contributed by atoms with van der Waals surface area (Å²) in [6.45, 7) is 2.33. The van der Waals surface area contributed by atoms with Crippen molar-refractivity contribution in [2.24, 2.45) is 17.6 Å². The van der Waals surface area contributed by atoms with Crippen LogP contribution in [0.2, 0.25) is 0 Å². The topological polar surface area (TPSA) is 80.5 Å². The maximum absolute atomic E-state index is 12.2. The lowest BCUT2D eigenvalue weighted by Crippen LogP contribution is -2.43. The van der Waals surface area contributed by atoms with Crippen molar-refractivity contribution >= 4 is 15.7 Å². The summed E-state index contributed by atoms with van der Waals surface area (Å²) in [6, 6.07) is 0.0958. The third-order valence-corrected chi connectivity index (χ3v) is 4.65. The normalized spacial score (nSPS) is 29.0. The zero-order valence-electron chi connectivity index (χ0n) is 11.4. The first kappa shape index (κ1) is 15.4. The first-order chi connectivity index (χ1) is 8.20. The molecule has 1 aliphatic carbocycles. The molecule has 0 heterocycles. The molecule has 106 valence electrons. The van der Waals surface area contributed by atoms with E-state index in [1.807, 2.05) is 0 Å². The maximum atomic E-state index is 12.2. The summed E-state index contributed by atoms with van der Waals surface area (Å²) in [5.41, 5.74) is 5.90. The van der Waals surface area contributed by atoms with Crippen molar-refractivity contribution in [3.8, 4) is 0 Å². The molecule has 0 aromatic heterocycles. The minimum Gasteiger partial charge on any atom is -0.344 e. The summed E-state index contributed by atoms with van der Waals surface area (Å²) in [6.07, 6.45) is 3.84. The van der Waals surface area contributed by atoms with Gasteiger partial charge < -0.3 is 10.6 Å². The van der Waals surface area contributed by atoms with Crippen molar-refractivity contribution in [1.82, 2.24) is 4.90 Å². The van der Waals surface area contributed by atoms with Crippen LogP contribution in [0.5, 0.6) is 0 Å². The first-order valence-corrected chi connectivity index (χ1v) is 8.45. The van der Waals surface area contributed by atoms with Crippen LogP contribution in [-0.4, -0.2) is 50.9 Å². The van der Waals surface area contributed by atoms with E-state index in [1.54, 1.807) is 7.05 Å². The molecule has 0 aromatic rings. The standard InChI is InChI=1S/C12H24N2O3S/c1-9-4-5-10(13)8-11(9)12(15)14(2)6-7-18(3,16)17/h9-11H,4-8,13H2,1-3H3. The fourth-order valence-electron chi connectivity index (χ4n) is 2.39. The van der Waals surface area contributed by atoms with Gasteiger partial charge in [-0.1, -0.05) is 6.92 Å². The molecule has 0 spiro atoms. The Bertz CT molecular complexity index is 394. The van der Waals surface area contributed by atoms with Crippen molar-refractivity contribution < 1.29 is 13.2 Å². The Morgan fingerprint density at radius 3 is 2.56 bits per heavy atom. The molecular weight excluding hydrogens is 252 g/mol. The third-order valence-electron chi connectivity index (χ3n) is 3.73. The average Bonchev–Trinajstić information content (AvgIpc) is 2.27. The van der Waals surface area contributed by atoms with E-state index in [1.165, 1.54) is 11.2 Å². The Morgan fingerprint density at radius 2 is 2.00 bits per heavy atom. The molecule has 1 fully saturated rings. The lowest BCUT2D eigenvalue weighted by Gasteiger charge is -2.34. The van der Waals surface area contributed by atoms with Gasteiger partial charge in [-0.25, -0.2) is 8.42 Å². The number of hydrogen-bond acceptors (Lipinski definition) is 4. The molecule has 5 nitrogen and oxygen atoms in total. The SMILES string of the molecule is CC1CCC(N)CC1C(=O)N(C)CCS(C)(=O)=O. The summed E-state index contributed by atoms with van der Waals surface area (Å²) in [7, 11) is -1.36. The van der Waals surface area contributed by atoms with Gasteiger partial charge in [0.15, 0.2) is 0 Å². The zero-order valence-corrected chi connectivity index (χ0v) is 12.2. The monoisotopic (exact) mass is 276 g/mol. The molecule has 2 N–H and O–H groups in total. The molecule has 3 unspecified atom stereocenters. The van der Waals surface area contributed by atoms with Gasteiger partial charge in [0.25, 0.3) is 0 Å². The minimum atomic E-state index is -3.03. The number of sulfone groups is 1. The van der Waals surface area contributed by atoms with Crippen LogP contribution in [0.15, 0.2) is 0 Å². The average molecular weight is 276 g/mol. The molecule has 0 bridgehead atoms. The lowest BCUT2D eigenvalue weighted by molar-refractivity contribution is -0.136. The highest BCUT2D eigenvalue weighted by atomic mass is 32.2. The van der Waals surface area contributed by atoms with Gasteiger partial charge in [0.1, 0.15) is 9.84 Å². The Hall–Kier alpha value is -0.620. The van der Waals surface area contributed by atoms with Gasteiger partial charge in [-0.2, -0.15) is 0 Å². The molecule has 1 aliphatic rings. The van der Waals surface area contributed by atoms with E-state index in [0.29, 0.717) is 12.3 Å². The Labute approximate surface area is 110 Å². The zero-order chi connectivity index (χ0) is 13.9. The van der Waals surface area contributed by atoms with Crippen molar-refractivity contribution in [3.05, 3.63) is 0 Å². The number of carbonyl (C=O) groups excluding carboxylic acids is 1. The van der Waals surface area contributed by atoms with Crippen LogP contribution in [0.1, 0.15) is 26.2 Å². The number of nitrogens with zero attached hydrogens (tertiary/aromatic N) is 1. The minimum absolute atomic E-state index is 0.0163. The second kappa shape index (κ2) is 6.02. The highest BCUT2D eigenvalue weighted by molar-refractivity contribution is 7.90. The molecular formula is C12H24N2O3S. The van der Waals surface area contributed by atoms with Crippen LogP contribution in [-0.2, 0) is 14.6 Å². The predicted molar refractivity (Wildman–Crippen MR) is 71.8 cm³/mol. The van der Waals surface area contributed by atoms with E-state index in [2.05, 4.69) is 6.92 Å². The highest BCUT2D eigenvalue weighted by Gasteiger charge is 2.32. The van der Waals surface area contributed by atoms with Crippen LogP contribution >= 0.6 is 0 Å². The maximum Gasteiger partial charge on any atom is 0.225 e. The Morgan fingerprint density at radius 1 is 1.39 bits per heavy atom. The lowest BCUT2D eigenvalue weighted by atomic mass is 9.77. The molecule has 3 atom stereocenters. The smallest absolute Gasteiger partial charge is 0.225 e. The summed E-state index contributed by atoms with van der Waals surface area (Å²) >= 11 is 0. The molecule has 18 heavy (non-hydrogen) atoms. The van der Waals surface area contributed by atoms with Gasteiger partial charge in [-0.05, 0) is 25.2 Å². The molecule has 1 saturated carbocycles. The summed E-state index contributed by atoms with van der Waals surface area (Å²) < 4.78 is 22.2. The number of hydrogen-bond donors (Lipinski definition) is 1. The second-order valence-corrected chi connectivity index (χ2v) is 7.81. The van der Waals surface area contributed by atoms with Crippen LogP contribution in [0, 0.1) is 11.8 Å². The van der Waals surface area contributed by atoms with Crippen LogP contribution in [0.4, 0.5) is 0 Å². The van der Waals surface area contributed by atoms with Gasteiger partial charge >= 0.3 is 0 Å². The number of amides is 1. The predicted octanol–water partition coefficient (Wildman–Crippen LogP) is 0.253. The van der Waals surface area contributed by atoms with E-state index in [-0.39, 0.29) is 30.2 Å². The quantitative estimate of drug-likeness (QED) is 0.798. The van der Waals surface area contributed by atoms with Gasteiger partial charge in [-0.3, -0.25) is 4.79 Å². The van der Waals surface area contributed by atoms with Gasteiger partial charge in [0.2, 0.25) is 5.91 Å². The summed E-state index contributed by atoms with van der Waals surface area (Å²) in [5.74, 6) is 0.320. The molecule has 0 aliphatic heterocycles. The van der Waals surface area contributed by atoms with Gasteiger partial charge in [0.05, 0.1) is 5.75 Å². The third kappa shape index (κ3) is 4.57. The van der Waals surface area contributed by atoms with Crippen LogP contribution < -0.4 is 5.73 Å². The van der Waals surface area contributed by atoms with Gasteiger partial charge in [-0.15, -0.1) is 0 Å². The summed E-state index contributed by atoms with van der Waals surface area (Å²) in [4.78, 5) is 13.8. The second-order valence-electron chi connectivity index (χ2n) is 5.55.